The van der Waals surface area contributed by atoms with Crippen molar-refractivity contribution in [2.45, 2.75) is 44.6 Å². The highest BCUT2D eigenvalue weighted by Crippen LogP contribution is 2.39. The van der Waals surface area contributed by atoms with Crippen molar-refractivity contribution in [1.29, 1.82) is 0 Å². The van der Waals surface area contributed by atoms with Crippen LogP contribution in [0.3, 0.4) is 0 Å². The van der Waals surface area contributed by atoms with Gasteiger partial charge in [-0.3, -0.25) is 9.59 Å². The van der Waals surface area contributed by atoms with Gasteiger partial charge in [0.25, 0.3) is 0 Å². The van der Waals surface area contributed by atoms with Crippen LogP contribution in [0.2, 0.25) is 0 Å². The molecule has 1 saturated heterocycles. The van der Waals surface area contributed by atoms with Crippen LogP contribution in [0.15, 0.2) is 18.2 Å². The van der Waals surface area contributed by atoms with Gasteiger partial charge in [-0.15, -0.1) is 0 Å². The molecule has 0 unspecified atom stereocenters. The zero-order valence-corrected chi connectivity index (χ0v) is 15.7. The number of methoxy groups -OCH3 is 2. The molecule has 1 aliphatic heterocycles. The highest BCUT2D eigenvalue weighted by Gasteiger charge is 2.40. The number of likely N-dealkylation sites (tertiary alicyclic amines) is 1. The lowest BCUT2D eigenvalue weighted by Crippen LogP contribution is -2.27. The van der Waals surface area contributed by atoms with E-state index in [1.807, 2.05) is 18.2 Å². The van der Waals surface area contributed by atoms with Crippen LogP contribution in [0.1, 0.15) is 44.1 Å². The Kier molecular flexibility index (Phi) is 5.69. The summed E-state index contributed by atoms with van der Waals surface area (Å²) in [7, 11) is 3.01. The third kappa shape index (κ3) is 3.79. The Balaban J connectivity index is 1.88. The predicted molar refractivity (Wildman–Crippen MR) is 96.4 cm³/mol. The van der Waals surface area contributed by atoms with E-state index >= 15 is 0 Å². The number of carbonyl (C=O) groups excluding carboxylic acids is 2. The van der Waals surface area contributed by atoms with E-state index in [-0.39, 0.29) is 29.8 Å². The van der Waals surface area contributed by atoms with Crippen molar-refractivity contribution < 1.29 is 23.8 Å². The molecule has 0 spiro atoms. The number of esters is 1. The first-order chi connectivity index (χ1) is 12.5. The van der Waals surface area contributed by atoms with E-state index < -0.39 is 0 Å². The van der Waals surface area contributed by atoms with Gasteiger partial charge in [-0.1, -0.05) is 6.07 Å². The van der Waals surface area contributed by atoms with Crippen molar-refractivity contribution in [3.05, 3.63) is 23.8 Å². The van der Waals surface area contributed by atoms with Crippen LogP contribution < -0.4 is 9.47 Å². The lowest BCUT2D eigenvalue weighted by molar-refractivity contribution is -0.145. The van der Waals surface area contributed by atoms with Crippen LogP contribution >= 0.6 is 0 Å². The fourth-order valence-corrected chi connectivity index (χ4v) is 3.99. The molecule has 2 atom stereocenters. The van der Waals surface area contributed by atoms with Crippen LogP contribution in [-0.4, -0.2) is 50.2 Å². The van der Waals surface area contributed by atoms with Crippen LogP contribution in [0.5, 0.6) is 11.5 Å². The minimum absolute atomic E-state index is 0.0302. The summed E-state index contributed by atoms with van der Waals surface area (Å²) in [5.74, 6) is 0.614. The average molecular weight is 361 g/mol. The highest BCUT2D eigenvalue weighted by molar-refractivity contribution is 5.79. The quantitative estimate of drug-likeness (QED) is 0.755. The molecular weight excluding hydrogens is 334 g/mol. The Morgan fingerprint density at radius 1 is 1.08 bits per heavy atom. The Hall–Kier alpha value is -2.24. The number of hydrogen-bond donors (Lipinski definition) is 0. The zero-order valence-electron chi connectivity index (χ0n) is 15.7. The molecule has 1 aliphatic carbocycles. The standard InChI is InChI=1S/C20H27NO5/c1-13(22)21-11-16(17(12-21)20(23)25-3)14-8-9-18(24-2)19(10-14)26-15-6-4-5-7-15/h8-10,15-17H,4-7,11-12H2,1-3H3/t16-,17+/m0/s1. The Morgan fingerprint density at radius 2 is 1.81 bits per heavy atom. The molecule has 26 heavy (non-hydrogen) atoms. The molecule has 1 aromatic rings. The van der Waals surface area contributed by atoms with Crippen LogP contribution in [0.25, 0.3) is 0 Å². The third-order valence-electron chi connectivity index (χ3n) is 5.48. The normalized spacial score (nSPS) is 23.1. The summed E-state index contributed by atoms with van der Waals surface area (Å²) in [5.41, 5.74) is 0.970. The first-order valence-corrected chi connectivity index (χ1v) is 9.21. The molecule has 6 heteroatoms. The molecule has 6 nitrogen and oxygen atoms in total. The first kappa shape index (κ1) is 18.5. The van der Waals surface area contributed by atoms with E-state index in [9.17, 15) is 9.59 Å². The first-order valence-electron chi connectivity index (χ1n) is 9.21. The maximum Gasteiger partial charge on any atom is 0.311 e. The highest BCUT2D eigenvalue weighted by atomic mass is 16.5. The van der Waals surface area contributed by atoms with Gasteiger partial charge in [0, 0.05) is 25.9 Å². The summed E-state index contributed by atoms with van der Waals surface area (Å²) in [6, 6.07) is 5.79. The molecule has 2 aliphatic rings. The lowest BCUT2D eigenvalue weighted by atomic mass is 9.89. The van der Waals surface area contributed by atoms with Gasteiger partial charge in [0.1, 0.15) is 0 Å². The maximum absolute atomic E-state index is 12.2. The van der Waals surface area contributed by atoms with Crippen LogP contribution in [0.4, 0.5) is 0 Å². The molecule has 1 amide bonds. The number of benzene rings is 1. The Labute approximate surface area is 154 Å². The van der Waals surface area contributed by atoms with E-state index in [0.717, 1.165) is 18.4 Å². The van der Waals surface area contributed by atoms with E-state index in [1.165, 1.54) is 26.9 Å². The number of amides is 1. The predicted octanol–water partition coefficient (Wildman–Crippen LogP) is 2.75. The van der Waals surface area contributed by atoms with Gasteiger partial charge in [0.15, 0.2) is 11.5 Å². The molecule has 0 aromatic heterocycles. The second kappa shape index (κ2) is 7.98. The molecule has 2 fully saturated rings. The molecule has 142 valence electrons. The summed E-state index contributed by atoms with van der Waals surface area (Å²) in [5, 5.41) is 0. The van der Waals surface area contributed by atoms with Gasteiger partial charge in [-0.2, -0.15) is 0 Å². The molecular formula is C20H27NO5. The van der Waals surface area contributed by atoms with E-state index in [0.29, 0.717) is 24.6 Å². The number of hydrogen-bond acceptors (Lipinski definition) is 5. The summed E-state index contributed by atoms with van der Waals surface area (Å²) < 4.78 is 16.6. The number of nitrogens with zero attached hydrogens (tertiary/aromatic N) is 1. The molecule has 0 radical (unpaired) electrons. The summed E-state index contributed by atoms with van der Waals surface area (Å²) in [6.07, 6.45) is 4.70. The second-order valence-electron chi connectivity index (χ2n) is 7.09. The van der Waals surface area contributed by atoms with Gasteiger partial charge < -0.3 is 19.1 Å². The fraction of sp³-hybridized carbons (Fsp3) is 0.600. The van der Waals surface area contributed by atoms with Crippen molar-refractivity contribution in [2.75, 3.05) is 27.3 Å². The third-order valence-corrected chi connectivity index (χ3v) is 5.48. The van der Waals surface area contributed by atoms with E-state index in [4.69, 9.17) is 14.2 Å². The van der Waals surface area contributed by atoms with Crippen molar-refractivity contribution in [3.8, 4) is 11.5 Å². The Bertz CT molecular complexity index is 668. The van der Waals surface area contributed by atoms with Gasteiger partial charge in [-0.05, 0) is 43.4 Å². The minimum Gasteiger partial charge on any atom is -0.493 e. The van der Waals surface area contributed by atoms with Gasteiger partial charge in [0.05, 0.1) is 26.2 Å². The average Bonchev–Trinajstić information content (AvgIpc) is 3.30. The maximum atomic E-state index is 12.2. The van der Waals surface area contributed by atoms with Crippen LogP contribution in [0, 0.1) is 5.92 Å². The fourth-order valence-electron chi connectivity index (χ4n) is 3.99. The minimum atomic E-state index is -0.364. The Morgan fingerprint density at radius 3 is 2.42 bits per heavy atom. The molecule has 1 heterocycles. The van der Waals surface area contributed by atoms with Gasteiger partial charge in [-0.25, -0.2) is 0 Å². The molecule has 0 N–H and O–H groups in total. The van der Waals surface area contributed by atoms with Crippen molar-refractivity contribution in [2.24, 2.45) is 5.92 Å². The summed E-state index contributed by atoms with van der Waals surface area (Å²) >= 11 is 0. The SMILES string of the molecule is COC(=O)[C@@H]1CN(C(C)=O)C[C@H]1c1ccc(OC)c(OC2CCCC2)c1. The van der Waals surface area contributed by atoms with E-state index in [2.05, 4.69) is 0 Å². The smallest absolute Gasteiger partial charge is 0.311 e. The zero-order chi connectivity index (χ0) is 18.7. The van der Waals surface area contributed by atoms with Gasteiger partial charge >= 0.3 is 5.97 Å². The molecule has 1 saturated carbocycles. The van der Waals surface area contributed by atoms with Crippen LogP contribution in [-0.2, 0) is 14.3 Å². The second-order valence-corrected chi connectivity index (χ2v) is 7.09. The van der Waals surface area contributed by atoms with Crippen molar-refractivity contribution in [3.63, 3.8) is 0 Å². The largest absolute Gasteiger partial charge is 0.493 e. The molecule has 0 bridgehead atoms. The van der Waals surface area contributed by atoms with Gasteiger partial charge in [0.2, 0.25) is 5.91 Å². The number of ether oxygens (including phenoxy) is 3. The molecule has 1 aromatic carbocycles. The monoisotopic (exact) mass is 361 g/mol. The van der Waals surface area contributed by atoms with Crippen molar-refractivity contribution >= 4 is 11.9 Å². The summed E-state index contributed by atoms with van der Waals surface area (Å²) in [4.78, 5) is 25.7. The van der Waals surface area contributed by atoms with E-state index in [1.54, 1.807) is 12.0 Å². The summed E-state index contributed by atoms with van der Waals surface area (Å²) in [6.45, 7) is 2.42. The lowest BCUT2D eigenvalue weighted by Gasteiger charge is -2.20. The number of carbonyl (C=O) groups is 2. The number of rotatable bonds is 5. The van der Waals surface area contributed by atoms with Crippen molar-refractivity contribution in [1.82, 2.24) is 4.90 Å². The topological polar surface area (TPSA) is 65.1 Å². The molecule has 3 rings (SSSR count).